The normalized spacial score (nSPS) is 10.9. The van der Waals surface area contributed by atoms with Gasteiger partial charge in [0.15, 0.2) is 5.13 Å². The topological polar surface area (TPSA) is 37.4 Å². The number of aryl methyl sites for hydroxylation is 1. The lowest BCUT2D eigenvalue weighted by molar-refractivity contribution is 0.205. The Labute approximate surface area is 114 Å². The van der Waals surface area contributed by atoms with Crippen molar-refractivity contribution in [3.8, 4) is 0 Å². The first-order chi connectivity index (χ1) is 8.76. The number of methoxy groups -OCH3 is 1. The maximum atomic E-state index is 5.15. The van der Waals surface area contributed by atoms with E-state index in [1.807, 2.05) is 0 Å². The van der Waals surface area contributed by atoms with E-state index in [9.17, 15) is 0 Å². The van der Waals surface area contributed by atoms with Crippen LogP contribution in [0.4, 0.5) is 5.13 Å². The highest BCUT2D eigenvalue weighted by atomic mass is 32.1. The fraction of sp³-hybridized carbons (Fsp3) is 0.769. The van der Waals surface area contributed by atoms with Crippen LogP contribution in [-0.4, -0.2) is 38.3 Å². The summed E-state index contributed by atoms with van der Waals surface area (Å²) in [5.41, 5.74) is 1.23. The van der Waals surface area contributed by atoms with Crippen molar-refractivity contribution in [2.24, 2.45) is 0 Å². The van der Waals surface area contributed by atoms with Gasteiger partial charge in [-0.3, -0.25) is 0 Å². The van der Waals surface area contributed by atoms with Crippen LogP contribution in [0.1, 0.15) is 31.3 Å². The van der Waals surface area contributed by atoms with E-state index in [0.717, 1.165) is 44.3 Å². The first kappa shape index (κ1) is 15.4. The van der Waals surface area contributed by atoms with Crippen LogP contribution in [0.3, 0.4) is 0 Å². The van der Waals surface area contributed by atoms with Crippen LogP contribution >= 0.6 is 11.3 Å². The third kappa shape index (κ3) is 4.23. The Hall–Kier alpha value is -0.650. The second-order valence-corrected chi connectivity index (χ2v) is 5.13. The lowest BCUT2D eigenvalue weighted by Gasteiger charge is -2.18. The zero-order chi connectivity index (χ0) is 13.4. The van der Waals surface area contributed by atoms with Crippen molar-refractivity contribution in [1.29, 1.82) is 0 Å². The molecule has 0 aromatic carbocycles. The Morgan fingerprint density at radius 2 is 2.11 bits per heavy atom. The molecule has 0 saturated carbocycles. The quantitative estimate of drug-likeness (QED) is 0.748. The minimum absolute atomic E-state index is 0.747. The van der Waals surface area contributed by atoms with Gasteiger partial charge in [0.05, 0.1) is 12.3 Å². The summed E-state index contributed by atoms with van der Waals surface area (Å²) < 4.78 is 5.15. The molecule has 0 fully saturated rings. The number of anilines is 1. The summed E-state index contributed by atoms with van der Waals surface area (Å²) in [6.45, 7) is 11.0. The highest BCUT2D eigenvalue weighted by Gasteiger charge is 2.13. The van der Waals surface area contributed by atoms with Crippen LogP contribution in [0, 0.1) is 0 Å². The molecule has 0 aliphatic heterocycles. The molecule has 0 saturated heterocycles. The van der Waals surface area contributed by atoms with Gasteiger partial charge in [0.2, 0.25) is 0 Å². The lowest BCUT2D eigenvalue weighted by Crippen LogP contribution is -2.26. The molecule has 0 spiro atoms. The van der Waals surface area contributed by atoms with Gasteiger partial charge in [-0.25, -0.2) is 4.98 Å². The van der Waals surface area contributed by atoms with Crippen molar-refractivity contribution in [2.75, 3.05) is 38.3 Å². The van der Waals surface area contributed by atoms with E-state index < -0.39 is 0 Å². The lowest BCUT2D eigenvalue weighted by atomic mass is 10.3. The predicted molar refractivity (Wildman–Crippen MR) is 78.6 cm³/mol. The van der Waals surface area contributed by atoms with Crippen LogP contribution in [0.5, 0.6) is 0 Å². The second kappa shape index (κ2) is 8.45. The number of ether oxygens (including phenoxy) is 1. The van der Waals surface area contributed by atoms with Gasteiger partial charge >= 0.3 is 0 Å². The van der Waals surface area contributed by atoms with Crippen molar-refractivity contribution >= 4 is 16.5 Å². The van der Waals surface area contributed by atoms with Crippen molar-refractivity contribution in [1.82, 2.24) is 10.3 Å². The van der Waals surface area contributed by atoms with Crippen molar-refractivity contribution in [3.05, 3.63) is 10.6 Å². The zero-order valence-electron chi connectivity index (χ0n) is 12.0. The highest BCUT2D eigenvalue weighted by molar-refractivity contribution is 7.15. The Morgan fingerprint density at radius 3 is 2.67 bits per heavy atom. The van der Waals surface area contributed by atoms with Gasteiger partial charge < -0.3 is 15.0 Å². The summed E-state index contributed by atoms with van der Waals surface area (Å²) >= 11 is 1.80. The number of likely N-dealkylation sites (N-methyl/N-ethyl adjacent to an activating group) is 1. The number of aromatic nitrogens is 1. The fourth-order valence-electron chi connectivity index (χ4n) is 1.75. The molecule has 0 bridgehead atoms. The average molecular weight is 271 g/mol. The van der Waals surface area contributed by atoms with Crippen LogP contribution in [0.2, 0.25) is 0 Å². The highest BCUT2D eigenvalue weighted by Crippen LogP contribution is 2.26. The number of thiazole rings is 1. The Balaban J connectivity index is 2.77. The predicted octanol–water partition coefficient (Wildman–Crippen LogP) is 2.29. The standard InChI is InChI=1S/C13H25N3OS/c1-5-11-12(10-14-6-2)18-13(15-11)16(7-3)8-9-17-4/h14H,5-10H2,1-4H3. The average Bonchev–Trinajstić information content (AvgIpc) is 2.80. The monoisotopic (exact) mass is 271 g/mol. The molecule has 0 unspecified atom stereocenters. The van der Waals surface area contributed by atoms with Crippen LogP contribution in [-0.2, 0) is 17.7 Å². The molecule has 0 aliphatic carbocycles. The molecule has 1 N–H and O–H groups in total. The van der Waals surface area contributed by atoms with Gasteiger partial charge in [-0.15, -0.1) is 11.3 Å². The molecule has 1 aromatic heterocycles. The van der Waals surface area contributed by atoms with Crippen LogP contribution < -0.4 is 10.2 Å². The van der Waals surface area contributed by atoms with E-state index in [-0.39, 0.29) is 0 Å². The SMILES string of the molecule is CCNCc1sc(N(CC)CCOC)nc1CC. The summed E-state index contributed by atoms with van der Waals surface area (Å²) in [4.78, 5) is 8.40. The third-order valence-corrected chi connectivity index (χ3v) is 4.01. The molecule has 104 valence electrons. The number of rotatable bonds is 9. The van der Waals surface area contributed by atoms with Gasteiger partial charge in [-0.2, -0.15) is 0 Å². The molecule has 5 heteroatoms. The molecule has 0 aliphatic rings. The van der Waals surface area contributed by atoms with Crippen molar-refractivity contribution in [3.63, 3.8) is 0 Å². The van der Waals surface area contributed by atoms with Crippen LogP contribution in [0.25, 0.3) is 0 Å². The van der Waals surface area contributed by atoms with E-state index in [0.29, 0.717) is 0 Å². The molecule has 18 heavy (non-hydrogen) atoms. The summed E-state index contributed by atoms with van der Waals surface area (Å²) in [6.07, 6.45) is 0.999. The molecule has 1 aromatic rings. The first-order valence-electron chi connectivity index (χ1n) is 6.69. The van der Waals surface area contributed by atoms with E-state index in [1.54, 1.807) is 18.4 Å². The molecule has 1 heterocycles. The smallest absolute Gasteiger partial charge is 0.185 e. The third-order valence-electron chi connectivity index (χ3n) is 2.85. The van der Waals surface area contributed by atoms with Crippen molar-refractivity contribution < 1.29 is 4.74 Å². The largest absolute Gasteiger partial charge is 0.383 e. The molecule has 0 atom stereocenters. The number of nitrogens with one attached hydrogen (secondary N) is 1. The van der Waals surface area contributed by atoms with Gasteiger partial charge in [-0.1, -0.05) is 13.8 Å². The fourth-order valence-corrected chi connectivity index (χ4v) is 2.96. The summed E-state index contributed by atoms with van der Waals surface area (Å²) in [5.74, 6) is 0. The van der Waals surface area contributed by atoms with Gasteiger partial charge in [0, 0.05) is 31.6 Å². The molecular weight excluding hydrogens is 246 g/mol. The maximum Gasteiger partial charge on any atom is 0.185 e. The molecule has 1 rings (SSSR count). The first-order valence-corrected chi connectivity index (χ1v) is 7.51. The van der Waals surface area contributed by atoms with E-state index >= 15 is 0 Å². The molecule has 0 radical (unpaired) electrons. The second-order valence-electron chi connectivity index (χ2n) is 4.07. The Bertz CT molecular complexity index is 341. The Kier molecular flexibility index (Phi) is 7.23. The van der Waals surface area contributed by atoms with Gasteiger partial charge in [0.1, 0.15) is 0 Å². The number of nitrogens with zero attached hydrogens (tertiary/aromatic N) is 2. The minimum atomic E-state index is 0.747. The Morgan fingerprint density at radius 1 is 1.33 bits per heavy atom. The molecule has 4 nitrogen and oxygen atoms in total. The summed E-state index contributed by atoms with van der Waals surface area (Å²) in [5, 5.41) is 4.50. The van der Waals surface area contributed by atoms with E-state index in [2.05, 4.69) is 31.0 Å². The number of hydrogen-bond acceptors (Lipinski definition) is 5. The summed E-state index contributed by atoms with van der Waals surface area (Å²) in [6, 6.07) is 0. The van der Waals surface area contributed by atoms with Crippen molar-refractivity contribution in [2.45, 2.75) is 33.7 Å². The summed E-state index contributed by atoms with van der Waals surface area (Å²) in [7, 11) is 1.74. The van der Waals surface area contributed by atoms with E-state index in [1.165, 1.54) is 10.6 Å². The number of hydrogen-bond donors (Lipinski definition) is 1. The molecule has 0 amide bonds. The van der Waals surface area contributed by atoms with Gasteiger partial charge in [0.25, 0.3) is 0 Å². The van der Waals surface area contributed by atoms with Gasteiger partial charge in [-0.05, 0) is 19.9 Å². The van der Waals surface area contributed by atoms with Crippen LogP contribution in [0.15, 0.2) is 0 Å². The molecular formula is C13H25N3OS. The zero-order valence-corrected chi connectivity index (χ0v) is 12.8. The minimum Gasteiger partial charge on any atom is -0.383 e. The van der Waals surface area contributed by atoms with E-state index in [4.69, 9.17) is 9.72 Å². The maximum absolute atomic E-state index is 5.15.